The molecular weight excluding hydrogens is 446 g/mol. The molecule has 0 saturated carbocycles. The molecule has 1 aromatic heterocycles. The van der Waals surface area contributed by atoms with Crippen LogP contribution >= 0.6 is 0 Å². The normalized spacial score (nSPS) is 15.9. The summed E-state index contributed by atoms with van der Waals surface area (Å²) in [6.45, 7) is 1.46. The summed E-state index contributed by atoms with van der Waals surface area (Å²) >= 11 is 0. The maximum absolute atomic E-state index is 14.2. The van der Waals surface area contributed by atoms with Crippen molar-refractivity contribution in [3.8, 4) is 0 Å². The lowest BCUT2D eigenvalue weighted by Gasteiger charge is -2.29. The Bertz CT molecular complexity index is 1540. The fourth-order valence-corrected chi connectivity index (χ4v) is 5.30. The van der Waals surface area contributed by atoms with Gasteiger partial charge < -0.3 is 10.6 Å². The molecule has 5 heteroatoms. The number of carbonyl (C=O) groups excluding carboxylic acids is 2. The molecule has 3 aromatic rings. The van der Waals surface area contributed by atoms with Gasteiger partial charge in [0.25, 0.3) is 0 Å². The molecule has 176 valence electrons. The van der Waals surface area contributed by atoms with E-state index in [0.29, 0.717) is 17.9 Å². The third-order valence-corrected chi connectivity index (χ3v) is 6.90. The van der Waals surface area contributed by atoms with Gasteiger partial charge in [-0.2, -0.15) is 0 Å². The molecule has 0 fully saturated rings. The zero-order valence-corrected chi connectivity index (χ0v) is 20.0. The third-order valence-electron chi connectivity index (χ3n) is 6.90. The lowest BCUT2D eigenvalue weighted by atomic mass is 9.76. The molecule has 0 bridgehead atoms. The smallest absolute Gasteiger partial charge is 0.222 e. The van der Waals surface area contributed by atoms with Gasteiger partial charge >= 0.3 is 0 Å². The number of allylic oxidation sites excluding steroid dienone is 8. The van der Waals surface area contributed by atoms with Gasteiger partial charge in [0.15, 0.2) is 0 Å². The summed E-state index contributed by atoms with van der Waals surface area (Å²) in [6, 6.07) is 17.7. The molecule has 1 heterocycles. The summed E-state index contributed by atoms with van der Waals surface area (Å²) in [4.78, 5) is 30.1. The molecule has 2 N–H and O–H groups in total. The monoisotopic (exact) mass is 471 g/mol. The molecule has 0 spiro atoms. The average Bonchev–Trinajstić information content (AvgIpc) is 2.90. The highest BCUT2D eigenvalue weighted by Crippen LogP contribution is 2.42. The minimum atomic E-state index is -0.188. The molecule has 0 atom stereocenters. The number of nitrogens with one attached hydrogen (secondary N) is 2. The Labute approximate surface area is 210 Å². The number of hydrogen-bond donors (Lipinski definition) is 2. The predicted octanol–water partition coefficient (Wildman–Crippen LogP) is 6.13. The van der Waals surface area contributed by atoms with E-state index in [-0.39, 0.29) is 11.7 Å². The number of carbonyl (C=O) groups is 2. The number of para-hydroxylation sites is 1. The second-order valence-corrected chi connectivity index (χ2v) is 9.23. The van der Waals surface area contributed by atoms with Crippen molar-refractivity contribution in [1.29, 1.82) is 0 Å². The number of nitrogens with zero attached hydrogens (tertiary/aromatic N) is 1. The molecule has 3 aliphatic carbocycles. The molecule has 36 heavy (non-hydrogen) atoms. The van der Waals surface area contributed by atoms with Crippen molar-refractivity contribution in [1.82, 2.24) is 4.98 Å². The SMILES string of the molecule is CC(=O)Nc1cc(C2=C(Nc3ccccc3)C(=O)c3c(ccc4c3CC=C3CC=CC=C34)C2)ccn1. The van der Waals surface area contributed by atoms with Crippen molar-refractivity contribution in [2.45, 2.75) is 26.2 Å². The Hall–Kier alpha value is -4.51. The standard InChI is InChI=1S/C31H25N3O2/c1-19(35)33-28-18-21(15-16-32-28)27-17-22-12-13-25-24-10-6-5-7-20(24)11-14-26(25)29(22)31(36)30(27)34-23-8-3-2-4-9-23/h2-6,8-13,15-16,18,34H,7,14,17H2,1H3,(H,32,33,35). The Balaban J connectivity index is 1.50. The van der Waals surface area contributed by atoms with Crippen LogP contribution in [0.2, 0.25) is 0 Å². The van der Waals surface area contributed by atoms with Gasteiger partial charge in [0.1, 0.15) is 5.82 Å². The number of ketones is 1. The van der Waals surface area contributed by atoms with E-state index in [1.54, 1.807) is 6.20 Å². The fraction of sp³-hybridized carbons (Fsp3) is 0.129. The van der Waals surface area contributed by atoms with Crippen LogP contribution in [0.15, 0.2) is 96.4 Å². The van der Waals surface area contributed by atoms with E-state index < -0.39 is 0 Å². The second-order valence-electron chi connectivity index (χ2n) is 9.23. The van der Waals surface area contributed by atoms with E-state index >= 15 is 0 Å². The summed E-state index contributed by atoms with van der Waals surface area (Å²) in [6.07, 6.45) is 12.6. The number of benzene rings is 2. The van der Waals surface area contributed by atoms with Gasteiger partial charge in [-0.15, -0.1) is 0 Å². The second kappa shape index (κ2) is 8.93. The van der Waals surface area contributed by atoms with E-state index in [2.05, 4.69) is 52.1 Å². The fourth-order valence-electron chi connectivity index (χ4n) is 5.30. The van der Waals surface area contributed by atoms with Crippen LogP contribution in [0.1, 0.15) is 46.0 Å². The van der Waals surface area contributed by atoms with Gasteiger partial charge in [0, 0.05) is 30.8 Å². The molecular formula is C31H25N3O2. The highest BCUT2D eigenvalue weighted by Gasteiger charge is 2.32. The van der Waals surface area contributed by atoms with Crippen molar-refractivity contribution in [3.05, 3.63) is 124 Å². The minimum Gasteiger partial charge on any atom is -0.352 e. The zero-order valence-electron chi connectivity index (χ0n) is 20.0. The first-order valence-corrected chi connectivity index (χ1v) is 12.1. The van der Waals surface area contributed by atoms with Crippen LogP contribution in [-0.4, -0.2) is 16.7 Å². The van der Waals surface area contributed by atoms with Crippen molar-refractivity contribution in [3.63, 3.8) is 0 Å². The van der Waals surface area contributed by atoms with Gasteiger partial charge in [0.05, 0.1) is 5.70 Å². The molecule has 2 aromatic carbocycles. The quantitative estimate of drug-likeness (QED) is 0.480. The van der Waals surface area contributed by atoms with Crippen LogP contribution in [0.3, 0.4) is 0 Å². The van der Waals surface area contributed by atoms with E-state index in [1.165, 1.54) is 18.1 Å². The van der Waals surface area contributed by atoms with Crippen LogP contribution in [0.25, 0.3) is 11.1 Å². The molecule has 3 aliphatic rings. The van der Waals surface area contributed by atoms with E-state index in [1.807, 2.05) is 42.5 Å². The molecule has 5 nitrogen and oxygen atoms in total. The summed E-state index contributed by atoms with van der Waals surface area (Å²) in [5, 5.41) is 6.17. The van der Waals surface area contributed by atoms with Crippen LogP contribution in [0.5, 0.6) is 0 Å². The first-order chi connectivity index (χ1) is 17.6. The van der Waals surface area contributed by atoms with Crippen LogP contribution in [0.4, 0.5) is 11.5 Å². The maximum atomic E-state index is 14.2. The lowest BCUT2D eigenvalue weighted by molar-refractivity contribution is -0.114. The number of hydrogen-bond acceptors (Lipinski definition) is 4. The number of pyridine rings is 1. The number of rotatable bonds is 4. The summed E-state index contributed by atoms with van der Waals surface area (Å²) in [5.74, 6) is 0.270. The van der Waals surface area contributed by atoms with Gasteiger partial charge in [-0.25, -0.2) is 4.98 Å². The van der Waals surface area contributed by atoms with Crippen LogP contribution in [-0.2, 0) is 17.6 Å². The number of Topliss-reactive ketones (excluding diaryl/α,β-unsaturated/α-hetero) is 1. The topological polar surface area (TPSA) is 71.1 Å². The zero-order chi connectivity index (χ0) is 24.6. The van der Waals surface area contributed by atoms with Crippen molar-refractivity contribution < 1.29 is 9.59 Å². The van der Waals surface area contributed by atoms with Crippen LogP contribution < -0.4 is 10.6 Å². The summed E-state index contributed by atoms with van der Waals surface area (Å²) in [5.41, 5.74) is 9.78. The number of amides is 1. The Morgan fingerprint density at radius 2 is 1.89 bits per heavy atom. The largest absolute Gasteiger partial charge is 0.352 e. The molecule has 0 unspecified atom stereocenters. The molecule has 1 amide bonds. The Kier molecular flexibility index (Phi) is 5.45. The maximum Gasteiger partial charge on any atom is 0.222 e. The highest BCUT2D eigenvalue weighted by molar-refractivity contribution is 6.19. The minimum absolute atomic E-state index is 0.00589. The van der Waals surface area contributed by atoms with E-state index in [0.717, 1.165) is 51.9 Å². The van der Waals surface area contributed by atoms with Gasteiger partial charge in [-0.05, 0) is 76.1 Å². The number of aromatic nitrogens is 1. The van der Waals surface area contributed by atoms with E-state index in [4.69, 9.17) is 0 Å². The summed E-state index contributed by atoms with van der Waals surface area (Å²) in [7, 11) is 0. The average molecular weight is 472 g/mol. The molecule has 6 rings (SSSR count). The van der Waals surface area contributed by atoms with Crippen LogP contribution in [0, 0.1) is 0 Å². The molecule has 0 aliphatic heterocycles. The Morgan fingerprint density at radius 3 is 2.72 bits per heavy atom. The van der Waals surface area contributed by atoms with Crippen molar-refractivity contribution in [2.75, 3.05) is 10.6 Å². The predicted molar refractivity (Wildman–Crippen MR) is 144 cm³/mol. The van der Waals surface area contributed by atoms with Crippen molar-refractivity contribution in [2.24, 2.45) is 0 Å². The van der Waals surface area contributed by atoms with Crippen molar-refractivity contribution >= 4 is 34.3 Å². The highest BCUT2D eigenvalue weighted by atomic mass is 16.1. The van der Waals surface area contributed by atoms with E-state index in [9.17, 15) is 9.59 Å². The van der Waals surface area contributed by atoms with Gasteiger partial charge in [-0.3, -0.25) is 9.59 Å². The lowest BCUT2D eigenvalue weighted by Crippen LogP contribution is -2.24. The van der Waals surface area contributed by atoms with Gasteiger partial charge in [-0.1, -0.05) is 54.6 Å². The first-order valence-electron chi connectivity index (χ1n) is 12.1. The van der Waals surface area contributed by atoms with Gasteiger partial charge in [0.2, 0.25) is 11.7 Å². The summed E-state index contributed by atoms with van der Waals surface area (Å²) < 4.78 is 0. The molecule has 0 saturated heterocycles. The molecule has 0 radical (unpaired) electrons. The first kappa shape index (κ1) is 22.0. The Morgan fingerprint density at radius 1 is 1.03 bits per heavy atom. The number of anilines is 2. The third kappa shape index (κ3) is 3.89. The number of fused-ring (bicyclic) bond motifs is 5.